The summed E-state index contributed by atoms with van der Waals surface area (Å²) in [5.74, 6) is 0. The van der Waals surface area contributed by atoms with E-state index in [9.17, 15) is 0 Å². The normalized spacial score (nSPS) is 11.7. The minimum absolute atomic E-state index is 1.23. The van der Waals surface area contributed by atoms with Gasteiger partial charge >= 0.3 is 0 Å². The van der Waals surface area contributed by atoms with Crippen LogP contribution in [0.5, 0.6) is 0 Å². The van der Waals surface area contributed by atoms with Gasteiger partial charge in [0.05, 0.1) is 0 Å². The van der Waals surface area contributed by atoms with Crippen molar-refractivity contribution in [1.82, 2.24) is 0 Å². The van der Waals surface area contributed by atoms with E-state index in [-0.39, 0.29) is 0 Å². The average Bonchev–Trinajstić information content (AvgIpc) is 3.73. The Morgan fingerprint density at radius 1 is 0.306 bits per heavy atom. The van der Waals surface area contributed by atoms with Gasteiger partial charge in [-0.3, -0.25) is 0 Å². The van der Waals surface area contributed by atoms with Crippen LogP contribution in [0, 0.1) is 0 Å². The summed E-state index contributed by atoms with van der Waals surface area (Å²) in [6, 6.07) is 38.8. The third-order valence-electron chi connectivity index (χ3n) is 5.67. The van der Waals surface area contributed by atoms with Gasteiger partial charge in [0.15, 0.2) is 0 Å². The lowest BCUT2D eigenvalue weighted by atomic mass is 10.2. The van der Waals surface area contributed by atoms with E-state index in [4.69, 9.17) is 0 Å². The van der Waals surface area contributed by atoms with Crippen molar-refractivity contribution in [2.75, 3.05) is 0 Å². The molecule has 0 nitrogen and oxygen atoms in total. The molecule has 2 aromatic carbocycles. The van der Waals surface area contributed by atoms with Crippen LogP contribution in [0.25, 0.3) is 53.6 Å². The lowest BCUT2D eigenvalue weighted by Crippen LogP contribution is -1.67. The van der Waals surface area contributed by atoms with E-state index in [1.165, 1.54) is 50.1 Å². The minimum Gasteiger partial charge on any atom is -0.135 e. The SMILES string of the molecule is C(=C\c1ccc(-c2ccc(-c3ccc(-c4ccc(/C=C/c5ccccc5)s4)s3)s2)s1)/c1ccccc1. The standard InChI is InChI=1S/C32H22S4/c1-3-7-23(8-4-1)11-13-25-15-17-27(33-25)29-19-21-31(35-29)32-22-20-30(36-32)28-18-16-26(34-28)14-12-24-9-5-2-6-10-24/h1-22H/b13-11+,14-12+. The highest BCUT2D eigenvalue weighted by Crippen LogP contribution is 2.43. The highest BCUT2D eigenvalue weighted by molar-refractivity contribution is 7.28. The predicted octanol–water partition coefficient (Wildman–Crippen LogP) is 11.3. The van der Waals surface area contributed by atoms with Crippen LogP contribution in [-0.2, 0) is 0 Å². The third kappa shape index (κ3) is 5.43. The van der Waals surface area contributed by atoms with Crippen molar-refractivity contribution in [3.63, 3.8) is 0 Å². The topological polar surface area (TPSA) is 0 Å². The maximum absolute atomic E-state index is 2.26. The van der Waals surface area contributed by atoms with E-state index in [1.54, 1.807) is 0 Å². The zero-order valence-corrected chi connectivity index (χ0v) is 22.6. The first kappa shape index (κ1) is 23.1. The van der Waals surface area contributed by atoms with Gasteiger partial charge in [0.1, 0.15) is 0 Å². The highest BCUT2D eigenvalue weighted by Gasteiger charge is 2.11. The molecule has 0 radical (unpaired) electrons. The Morgan fingerprint density at radius 3 is 1.03 bits per heavy atom. The molecule has 0 spiro atoms. The van der Waals surface area contributed by atoms with Crippen molar-refractivity contribution in [3.8, 4) is 29.3 Å². The van der Waals surface area contributed by atoms with E-state index >= 15 is 0 Å². The molecule has 0 fully saturated rings. The van der Waals surface area contributed by atoms with Gasteiger partial charge in [-0.25, -0.2) is 0 Å². The molecule has 4 heteroatoms. The Labute approximate surface area is 227 Å². The van der Waals surface area contributed by atoms with E-state index in [2.05, 4.69) is 121 Å². The van der Waals surface area contributed by atoms with E-state index in [0.29, 0.717) is 0 Å². The van der Waals surface area contributed by atoms with Crippen molar-refractivity contribution < 1.29 is 0 Å². The van der Waals surface area contributed by atoms with E-state index in [1.807, 2.05) is 57.5 Å². The minimum atomic E-state index is 1.23. The van der Waals surface area contributed by atoms with Crippen LogP contribution in [0.1, 0.15) is 20.9 Å². The van der Waals surface area contributed by atoms with Gasteiger partial charge in [-0.15, -0.1) is 45.3 Å². The largest absolute Gasteiger partial charge is 0.135 e. The molecule has 6 rings (SSSR count). The van der Waals surface area contributed by atoms with Crippen LogP contribution in [0.2, 0.25) is 0 Å². The average molecular weight is 535 g/mol. The van der Waals surface area contributed by atoms with Crippen molar-refractivity contribution >= 4 is 69.7 Å². The van der Waals surface area contributed by atoms with Crippen molar-refractivity contribution in [2.24, 2.45) is 0 Å². The van der Waals surface area contributed by atoms with Crippen LogP contribution in [-0.4, -0.2) is 0 Å². The Balaban J connectivity index is 1.15. The van der Waals surface area contributed by atoms with Gasteiger partial charge < -0.3 is 0 Å². The molecule has 0 aliphatic rings. The number of benzene rings is 2. The monoisotopic (exact) mass is 534 g/mol. The molecule has 0 N–H and O–H groups in total. The summed E-state index contributed by atoms with van der Waals surface area (Å²) in [6.45, 7) is 0. The molecule has 4 heterocycles. The molecule has 0 amide bonds. The van der Waals surface area contributed by atoms with Gasteiger partial charge in [0.2, 0.25) is 0 Å². The molecule has 36 heavy (non-hydrogen) atoms. The number of rotatable bonds is 7. The fraction of sp³-hybridized carbons (Fsp3) is 0. The Hall–Kier alpha value is -3.28. The maximum Gasteiger partial charge on any atom is 0.0449 e. The van der Waals surface area contributed by atoms with Crippen LogP contribution in [0.3, 0.4) is 0 Å². The Kier molecular flexibility index (Phi) is 6.92. The second-order valence-corrected chi connectivity index (χ2v) is 12.6. The van der Waals surface area contributed by atoms with Gasteiger partial charge in [-0.2, -0.15) is 0 Å². The molecule has 0 aliphatic carbocycles. The summed E-state index contributed by atoms with van der Waals surface area (Å²) in [5, 5.41) is 0. The van der Waals surface area contributed by atoms with E-state index in [0.717, 1.165) is 0 Å². The predicted molar refractivity (Wildman–Crippen MR) is 165 cm³/mol. The summed E-state index contributed by atoms with van der Waals surface area (Å²) in [6.07, 6.45) is 8.76. The summed E-state index contributed by atoms with van der Waals surface area (Å²) < 4.78 is 0. The summed E-state index contributed by atoms with van der Waals surface area (Å²) >= 11 is 7.44. The zero-order chi connectivity index (χ0) is 24.2. The van der Waals surface area contributed by atoms with Crippen molar-refractivity contribution in [2.45, 2.75) is 0 Å². The number of hydrogen-bond donors (Lipinski definition) is 0. The molecule has 0 unspecified atom stereocenters. The third-order valence-corrected chi connectivity index (χ3v) is 10.5. The first-order valence-electron chi connectivity index (χ1n) is 11.7. The second kappa shape index (κ2) is 10.8. The Morgan fingerprint density at radius 2 is 0.639 bits per heavy atom. The number of thiophene rings is 4. The van der Waals surface area contributed by atoms with Crippen LogP contribution in [0.15, 0.2) is 109 Å². The highest BCUT2D eigenvalue weighted by atomic mass is 32.1. The molecular weight excluding hydrogens is 513 g/mol. The molecule has 6 aromatic rings. The molecule has 4 aromatic heterocycles. The second-order valence-electron chi connectivity index (χ2n) is 8.22. The quantitative estimate of drug-likeness (QED) is 0.191. The summed E-state index contributed by atoms with van der Waals surface area (Å²) in [7, 11) is 0. The first-order chi connectivity index (χ1) is 17.8. The molecule has 0 saturated heterocycles. The lowest BCUT2D eigenvalue weighted by molar-refractivity contribution is 1.67. The zero-order valence-electron chi connectivity index (χ0n) is 19.3. The molecule has 0 atom stereocenters. The fourth-order valence-electron chi connectivity index (χ4n) is 3.84. The van der Waals surface area contributed by atoms with Gasteiger partial charge in [-0.1, -0.05) is 72.8 Å². The lowest BCUT2D eigenvalue weighted by Gasteiger charge is -1.92. The maximum atomic E-state index is 2.26. The number of hydrogen-bond acceptors (Lipinski definition) is 4. The van der Waals surface area contributed by atoms with E-state index < -0.39 is 0 Å². The van der Waals surface area contributed by atoms with Gasteiger partial charge in [0, 0.05) is 39.0 Å². The van der Waals surface area contributed by atoms with Crippen LogP contribution >= 0.6 is 45.3 Å². The summed E-state index contributed by atoms with van der Waals surface area (Å²) in [5.41, 5.74) is 2.45. The molecule has 174 valence electrons. The van der Waals surface area contributed by atoms with Crippen molar-refractivity contribution in [3.05, 3.63) is 130 Å². The first-order valence-corrected chi connectivity index (χ1v) is 14.9. The smallest absolute Gasteiger partial charge is 0.0449 e. The molecule has 0 saturated carbocycles. The van der Waals surface area contributed by atoms with Gasteiger partial charge in [0.25, 0.3) is 0 Å². The molecule has 0 bridgehead atoms. The fourth-order valence-corrected chi connectivity index (χ4v) is 7.94. The summed E-state index contributed by atoms with van der Waals surface area (Å²) in [4.78, 5) is 10.5. The molecule has 0 aliphatic heterocycles. The Bertz CT molecular complexity index is 1500. The van der Waals surface area contributed by atoms with Crippen LogP contribution in [0.4, 0.5) is 0 Å². The molecular formula is C32H22S4. The van der Waals surface area contributed by atoms with Gasteiger partial charge in [-0.05, 0) is 71.8 Å². The van der Waals surface area contributed by atoms with Crippen LogP contribution < -0.4 is 0 Å². The van der Waals surface area contributed by atoms with Crippen molar-refractivity contribution in [1.29, 1.82) is 0 Å².